The highest BCUT2D eigenvalue weighted by Gasteiger charge is 2.34. The molecule has 114 valence electrons. The van der Waals surface area contributed by atoms with Crippen LogP contribution in [-0.4, -0.2) is 30.2 Å². The lowest BCUT2D eigenvalue weighted by molar-refractivity contribution is -0.126. The average molecular weight is 484 g/mol. The summed E-state index contributed by atoms with van der Waals surface area (Å²) in [6.07, 6.45) is 0.850. The highest BCUT2D eigenvalue weighted by Crippen LogP contribution is 2.35. The fourth-order valence-electron chi connectivity index (χ4n) is 2.31. The van der Waals surface area contributed by atoms with E-state index >= 15 is 0 Å². The Balaban J connectivity index is 2.27. The van der Waals surface area contributed by atoms with E-state index in [1.165, 1.54) is 0 Å². The summed E-state index contributed by atoms with van der Waals surface area (Å²) >= 11 is 10.3. The van der Waals surface area contributed by atoms with Gasteiger partial charge in [0.25, 0.3) is 0 Å². The summed E-state index contributed by atoms with van der Waals surface area (Å²) in [7, 11) is 1.59. The number of carbonyl (C=O) groups is 2. The van der Waals surface area contributed by atoms with Crippen molar-refractivity contribution in [3.05, 3.63) is 26.6 Å². The summed E-state index contributed by atoms with van der Waals surface area (Å²) in [5, 5.41) is 2.79. The van der Waals surface area contributed by atoms with Crippen molar-refractivity contribution in [2.75, 3.05) is 13.7 Å². The molecule has 2 rings (SSSR count). The van der Waals surface area contributed by atoms with Crippen molar-refractivity contribution in [1.29, 1.82) is 0 Å². The number of benzene rings is 1. The zero-order valence-electron chi connectivity index (χ0n) is 11.3. The van der Waals surface area contributed by atoms with Gasteiger partial charge in [-0.1, -0.05) is 15.9 Å². The molecule has 2 atom stereocenters. The third kappa shape index (κ3) is 3.87. The smallest absolute Gasteiger partial charge is 0.225 e. The van der Waals surface area contributed by atoms with Gasteiger partial charge in [-0.05, 0) is 56.0 Å². The van der Waals surface area contributed by atoms with Gasteiger partial charge in [-0.15, -0.1) is 0 Å². The van der Waals surface area contributed by atoms with E-state index in [2.05, 4.69) is 53.1 Å². The van der Waals surface area contributed by atoms with Gasteiger partial charge in [0, 0.05) is 13.0 Å². The second kappa shape index (κ2) is 7.24. The first-order valence-electron chi connectivity index (χ1n) is 6.40. The molecule has 0 radical (unpaired) electrons. The normalized spacial score (nSPS) is 22.7. The predicted octanol–water partition coefficient (Wildman–Crippen LogP) is 3.23. The quantitative estimate of drug-likeness (QED) is 0.672. The number of rotatable bonds is 3. The summed E-state index contributed by atoms with van der Waals surface area (Å²) in [5.74, 6) is 0.263. The van der Waals surface area contributed by atoms with Crippen molar-refractivity contribution in [3.8, 4) is 5.75 Å². The average Bonchev–Trinajstić information content (AvgIpc) is 2.53. The van der Waals surface area contributed by atoms with Gasteiger partial charge in [-0.3, -0.25) is 9.59 Å². The van der Waals surface area contributed by atoms with Crippen molar-refractivity contribution in [2.24, 2.45) is 5.92 Å². The van der Waals surface area contributed by atoms with Crippen molar-refractivity contribution in [3.63, 3.8) is 0 Å². The monoisotopic (exact) mass is 481 g/mol. The molecule has 1 N–H and O–H groups in total. The summed E-state index contributed by atoms with van der Waals surface area (Å²) in [6, 6.07) is 3.82. The molecule has 0 aliphatic carbocycles. The maximum Gasteiger partial charge on any atom is 0.225 e. The lowest BCUT2D eigenvalue weighted by atomic mass is 9.93. The molecule has 0 spiro atoms. The molecular weight excluding hydrogens is 470 g/mol. The van der Waals surface area contributed by atoms with E-state index in [4.69, 9.17) is 4.74 Å². The lowest BCUT2D eigenvalue weighted by Gasteiger charge is -2.18. The van der Waals surface area contributed by atoms with Crippen LogP contribution < -0.4 is 10.1 Å². The number of ether oxygens (including phenoxy) is 1. The van der Waals surface area contributed by atoms with Crippen LogP contribution in [0.25, 0.3) is 0 Å². The highest BCUT2D eigenvalue weighted by molar-refractivity contribution is 9.11. The Morgan fingerprint density at radius 2 is 1.90 bits per heavy atom. The second-order valence-corrected chi connectivity index (χ2v) is 7.51. The van der Waals surface area contributed by atoms with Crippen LogP contribution in [0.15, 0.2) is 21.1 Å². The van der Waals surface area contributed by atoms with Crippen LogP contribution in [0.4, 0.5) is 0 Å². The molecule has 1 heterocycles. The number of alkyl halides is 1. The van der Waals surface area contributed by atoms with Crippen molar-refractivity contribution < 1.29 is 14.3 Å². The minimum atomic E-state index is -0.445. The molecule has 0 saturated carbocycles. The van der Waals surface area contributed by atoms with Crippen LogP contribution in [0.5, 0.6) is 5.75 Å². The first-order valence-corrected chi connectivity index (χ1v) is 8.90. The molecule has 1 fully saturated rings. The second-order valence-electron chi connectivity index (χ2n) is 4.81. The SMILES string of the molecule is COc1c(Br)cc(CC2C(=O)NCCC(=O)C2Br)cc1Br. The number of nitrogens with one attached hydrogen (secondary N) is 1. The molecule has 1 aliphatic heterocycles. The molecule has 1 aromatic carbocycles. The molecule has 1 amide bonds. The largest absolute Gasteiger partial charge is 0.494 e. The fourth-order valence-corrected chi connectivity index (χ4v) is 4.57. The number of amides is 1. The van der Waals surface area contributed by atoms with Gasteiger partial charge in [0.05, 0.1) is 26.8 Å². The molecule has 4 nitrogen and oxygen atoms in total. The molecule has 7 heteroatoms. The van der Waals surface area contributed by atoms with Crippen LogP contribution in [0.2, 0.25) is 0 Å². The van der Waals surface area contributed by atoms with Crippen molar-refractivity contribution in [2.45, 2.75) is 17.7 Å². The number of ketones is 1. The number of hydrogen-bond donors (Lipinski definition) is 1. The van der Waals surface area contributed by atoms with Crippen molar-refractivity contribution in [1.82, 2.24) is 5.32 Å². The summed E-state index contributed by atoms with van der Waals surface area (Å²) in [5.41, 5.74) is 0.953. The van der Waals surface area contributed by atoms with E-state index in [9.17, 15) is 9.59 Å². The first kappa shape index (κ1) is 17.0. The Morgan fingerprint density at radius 1 is 1.29 bits per heavy atom. The molecule has 1 aliphatic rings. The number of Topliss-reactive ketones (excluding diaryl/α,β-unsaturated/α-hetero) is 1. The van der Waals surface area contributed by atoms with Crippen LogP contribution in [-0.2, 0) is 16.0 Å². The Morgan fingerprint density at radius 3 is 2.48 bits per heavy atom. The van der Waals surface area contributed by atoms with Crippen molar-refractivity contribution >= 4 is 59.5 Å². The van der Waals surface area contributed by atoms with Gasteiger partial charge in [0.1, 0.15) is 11.5 Å². The van der Waals surface area contributed by atoms with Crippen LogP contribution in [0.3, 0.4) is 0 Å². The summed E-state index contributed by atoms with van der Waals surface area (Å²) in [6.45, 7) is 0.409. The van der Waals surface area contributed by atoms with Gasteiger partial charge in [0.2, 0.25) is 5.91 Å². The van der Waals surface area contributed by atoms with Gasteiger partial charge < -0.3 is 10.1 Å². The van der Waals surface area contributed by atoms with E-state index < -0.39 is 10.7 Å². The number of methoxy groups -OCH3 is 1. The van der Waals surface area contributed by atoms with Gasteiger partial charge in [-0.2, -0.15) is 0 Å². The highest BCUT2D eigenvalue weighted by atomic mass is 79.9. The summed E-state index contributed by atoms with van der Waals surface area (Å²) < 4.78 is 6.88. The van der Waals surface area contributed by atoms with E-state index in [1.807, 2.05) is 12.1 Å². The molecule has 1 saturated heterocycles. The Kier molecular flexibility index (Phi) is 5.85. The van der Waals surface area contributed by atoms with Gasteiger partial charge >= 0.3 is 0 Å². The molecule has 0 aromatic heterocycles. The number of carbonyl (C=O) groups excluding carboxylic acids is 2. The third-order valence-corrected chi connectivity index (χ3v) is 5.71. The van der Waals surface area contributed by atoms with E-state index in [-0.39, 0.29) is 11.7 Å². The lowest BCUT2D eigenvalue weighted by Crippen LogP contribution is -2.35. The van der Waals surface area contributed by atoms with Gasteiger partial charge in [0.15, 0.2) is 0 Å². The molecule has 1 aromatic rings. The fraction of sp³-hybridized carbons (Fsp3) is 0.429. The maximum absolute atomic E-state index is 12.1. The topological polar surface area (TPSA) is 55.4 Å². The first-order chi connectivity index (χ1) is 9.93. The Labute approximate surface area is 148 Å². The van der Waals surface area contributed by atoms with Crippen LogP contribution in [0.1, 0.15) is 12.0 Å². The molecular formula is C14H14Br3NO3. The Hall–Kier alpha value is -0.400. The molecule has 2 unspecified atom stereocenters. The predicted molar refractivity (Wildman–Crippen MR) is 90.9 cm³/mol. The van der Waals surface area contributed by atoms with E-state index in [0.717, 1.165) is 14.5 Å². The summed E-state index contributed by atoms with van der Waals surface area (Å²) in [4.78, 5) is 23.6. The molecule has 21 heavy (non-hydrogen) atoms. The van der Waals surface area contributed by atoms with Gasteiger partial charge in [-0.25, -0.2) is 0 Å². The Bertz CT molecular complexity index is 554. The number of halogens is 3. The van der Waals surface area contributed by atoms with Crippen LogP contribution >= 0.6 is 47.8 Å². The minimum absolute atomic E-state index is 0.0602. The minimum Gasteiger partial charge on any atom is -0.494 e. The zero-order chi connectivity index (χ0) is 15.6. The third-order valence-electron chi connectivity index (χ3n) is 3.39. The van der Waals surface area contributed by atoms with E-state index in [1.54, 1.807) is 7.11 Å². The van der Waals surface area contributed by atoms with Crippen LogP contribution in [0, 0.1) is 5.92 Å². The van der Waals surface area contributed by atoms with E-state index in [0.29, 0.717) is 25.1 Å². The molecule has 0 bridgehead atoms. The zero-order valence-corrected chi connectivity index (χ0v) is 16.0. The number of hydrogen-bond acceptors (Lipinski definition) is 3. The standard InChI is InChI=1S/C14H14Br3NO3/c1-21-13-9(15)5-7(6-10(13)16)4-8-12(17)11(19)2-3-18-14(8)20/h5-6,8,12H,2-4H2,1H3,(H,18,20). The maximum atomic E-state index is 12.1.